The minimum atomic E-state index is -3.76. The summed E-state index contributed by atoms with van der Waals surface area (Å²) >= 11 is 6.02. The Morgan fingerprint density at radius 3 is 2.73 bits per heavy atom. The van der Waals surface area contributed by atoms with Gasteiger partial charge in [0.2, 0.25) is 15.6 Å². The standard InChI is InChI=1S/C23H23ClFN3O4S/c1-14-4-2-3-9-28(14)33(31,32)17-7-8-21-18(11-17)19(12-22(29)27-21)23(30)26-13-15-5-6-16(25)10-20(15)24/h5-8,10-12,14H,2-4,9,13H2,1H3,(H,26,30)(H,27,29)/t14-/m1/s1. The molecule has 1 saturated heterocycles. The van der Waals surface area contributed by atoms with Crippen LogP contribution in [-0.4, -0.2) is 36.2 Å². The van der Waals surface area contributed by atoms with Gasteiger partial charge < -0.3 is 10.3 Å². The molecule has 0 unspecified atom stereocenters. The zero-order valence-electron chi connectivity index (χ0n) is 17.9. The summed E-state index contributed by atoms with van der Waals surface area (Å²) in [6.45, 7) is 2.34. The molecule has 2 heterocycles. The fourth-order valence-corrected chi connectivity index (χ4v) is 6.04. The molecule has 1 atom stereocenters. The number of aromatic nitrogens is 1. The lowest BCUT2D eigenvalue weighted by Crippen LogP contribution is -2.41. The van der Waals surface area contributed by atoms with Gasteiger partial charge in [-0.15, -0.1) is 0 Å². The molecule has 0 saturated carbocycles. The SMILES string of the molecule is C[C@@H]1CCCCN1S(=O)(=O)c1ccc2[nH]c(=O)cc(C(=O)NCc3ccc(F)cc3Cl)c2c1. The molecule has 0 spiro atoms. The number of aromatic amines is 1. The number of hydrogen-bond acceptors (Lipinski definition) is 4. The number of nitrogens with one attached hydrogen (secondary N) is 2. The average molecular weight is 492 g/mol. The van der Waals surface area contributed by atoms with Crippen molar-refractivity contribution in [3.8, 4) is 0 Å². The Hall–Kier alpha value is -2.75. The van der Waals surface area contributed by atoms with Gasteiger partial charge >= 0.3 is 0 Å². The Kier molecular flexibility index (Phi) is 6.56. The molecule has 7 nitrogen and oxygen atoms in total. The lowest BCUT2D eigenvalue weighted by Gasteiger charge is -2.32. The maximum Gasteiger partial charge on any atom is 0.252 e. The number of carbonyl (C=O) groups excluding carboxylic acids is 1. The predicted octanol–water partition coefficient (Wildman–Crippen LogP) is 3.81. The van der Waals surface area contributed by atoms with Crippen molar-refractivity contribution < 1.29 is 17.6 Å². The number of benzene rings is 2. The number of nitrogens with zero attached hydrogens (tertiary/aromatic N) is 1. The highest BCUT2D eigenvalue weighted by Gasteiger charge is 2.31. The number of rotatable bonds is 5. The third kappa shape index (κ3) is 4.80. The van der Waals surface area contributed by atoms with E-state index in [1.54, 1.807) is 0 Å². The van der Waals surface area contributed by atoms with E-state index in [1.807, 2.05) is 6.92 Å². The number of piperidine rings is 1. The van der Waals surface area contributed by atoms with Gasteiger partial charge in [0, 0.05) is 41.1 Å². The van der Waals surface area contributed by atoms with Crippen molar-refractivity contribution in [3.05, 3.63) is 74.8 Å². The number of H-pyrrole nitrogens is 1. The smallest absolute Gasteiger partial charge is 0.252 e. The summed E-state index contributed by atoms with van der Waals surface area (Å²) in [6.07, 6.45) is 2.57. The molecule has 1 amide bonds. The largest absolute Gasteiger partial charge is 0.348 e. The molecular formula is C23H23ClFN3O4S. The van der Waals surface area contributed by atoms with E-state index in [1.165, 1.54) is 34.6 Å². The maximum absolute atomic E-state index is 13.3. The van der Waals surface area contributed by atoms with Gasteiger partial charge in [0.1, 0.15) is 5.82 Å². The molecular weight excluding hydrogens is 469 g/mol. The molecule has 2 N–H and O–H groups in total. The van der Waals surface area contributed by atoms with Crippen LogP contribution in [0.2, 0.25) is 5.02 Å². The zero-order chi connectivity index (χ0) is 23.8. The number of sulfonamides is 1. The summed E-state index contributed by atoms with van der Waals surface area (Å²) in [4.78, 5) is 27.8. The Morgan fingerprint density at radius 2 is 2.00 bits per heavy atom. The molecule has 4 rings (SSSR count). The second-order valence-corrected chi connectivity index (χ2v) is 10.4. The summed E-state index contributed by atoms with van der Waals surface area (Å²) in [5, 5.41) is 3.14. The fraction of sp³-hybridized carbons (Fsp3) is 0.304. The molecule has 0 bridgehead atoms. The van der Waals surface area contributed by atoms with Crippen molar-refractivity contribution in [3.63, 3.8) is 0 Å². The van der Waals surface area contributed by atoms with E-state index in [9.17, 15) is 22.4 Å². The molecule has 1 aromatic heterocycles. The Morgan fingerprint density at radius 1 is 1.21 bits per heavy atom. The predicted molar refractivity (Wildman–Crippen MR) is 124 cm³/mol. The van der Waals surface area contributed by atoms with Crippen LogP contribution in [0.15, 0.2) is 52.2 Å². The number of carbonyl (C=O) groups is 1. The summed E-state index contributed by atoms with van der Waals surface area (Å²) in [5.41, 5.74) is 0.393. The van der Waals surface area contributed by atoms with Crippen LogP contribution in [0.3, 0.4) is 0 Å². The Bertz CT molecular complexity index is 1390. The molecule has 1 aliphatic rings. The van der Waals surface area contributed by atoms with Gasteiger partial charge in [0.15, 0.2) is 0 Å². The van der Waals surface area contributed by atoms with E-state index in [0.29, 0.717) is 23.0 Å². The summed E-state index contributed by atoms with van der Waals surface area (Å²) < 4.78 is 41.3. The zero-order valence-corrected chi connectivity index (χ0v) is 19.5. The molecule has 1 aliphatic heterocycles. The lowest BCUT2D eigenvalue weighted by molar-refractivity contribution is 0.0952. The van der Waals surface area contributed by atoms with Crippen molar-refractivity contribution >= 4 is 38.4 Å². The minimum Gasteiger partial charge on any atom is -0.348 e. The van der Waals surface area contributed by atoms with Crippen LogP contribution in [0.5, 0.6) is 0 Å². The van der Waals surface area contributed by atoms with Crippen molar-refractivity contribution in [2.45, 2.75) is 43.7 Å². The third-order valence-electron chi connectivity index (χ3n) is 5.86. The van der Waals surface area contributed by atoms with E-state index >= 15 is 0 Å². The topological polar surface area (TPSA) is 99.3 Å². The second-order valence-electron chi connectivity index (χ2n) is 8.13. The first-order valence-electron chi connectivity index (χ1n) is 10.6. The van der Waals surface area contributed by atoms with Crippen molar-refractivity contribution in [1.29, 1.82) is 0 Å². The molecule has 0 aliphatic carbocycles. The third-order valence-corrected chi connectivity index (χ3v) is 8.22. The number of amides is 1. The minimum absolute atomic E-state index is 0.00945. The van der Waals surface area contributed by atoms with Crippen LogP contribution >= 0.6 is 11.6 Å². The fourth-order valence-electron chi connectivity index (χ4n) is 4.08. The van der Waals surface area contributed by atoms with Gasteiger partial charge in [-0.3, -0.25) is 9.59 Å². The summed E-state index contributed by atoms with van der Waals surface area (Å²) in [6, 6.07) is 9.20. The number of pyridine rings is 1. The van der Waals surface area contributed by atoms with E-state index in [-0.39, 0.29) is 28.1 Å². The highest BCUT2D eigenvalue weighted by Crippen LogP contribution is 2.28. The van der Waals surface area contributed by atoms with Gasteiger partial charge in [-0.05, 0) is 55.7 Å². The van der Waals surface area contributed by atoms with Crippen molar-refractivity contribution in [1.82, 2.24) is 14.6 Å². The highest BCUT2D eigenvalue weighted by molar-refractivity contribution is 7.89. The molecule has 33 heavy (non-hydrogen) atoms. The normalized spacial score (nSPS) is 17.2. The van der Waals surface area contributed by atoms with E-state index < -0.39 is 27.3 Å². The first-order valence-corrected chi connectivity index (χ1v) is 12.4. The lowest BCUT2D eigenvalue weighted by atomic mass is 10.1. The number of fused-ring (bicyclic) bond motifs is 1. The first-order chi connectivity index (χ1) is 15.7. The van der Waals surface area contributed by atoms with Gasteiger partial charge in [0.05, 0.1) is 10.5 Å². The van der Waals surface area contributed by atoms with E-state index in [4.69, 9.17) is 11.6 Å². The summed E-state index contributed by atoms with van der Waals surface area (Å²) in [7, 11) is -3.76. The van der Waals surface area contributed by atoms with Crippen LogP contribution in [0, 0.1) is 5.82 Å². The van der Waals surface area contributed by atoms with Gasteiger partial charge in [-0.25, -0.2) is 12.8 Å². The first kappa shape index (κ1) is 23.4. The number of hydrogen-bond donors (Lipinski definition) is 2. The molecule has 2 aromatic carbocycles. The molecule has 1 fully saturated rings. The van der Waals surface area contributed by atoms with Crippen LogP contribution in [0.1, 0.15) is 42.1 Å². The maximum atomic E-state index is 13.3. The number of halogens is 2. The van der Waals surface area contributed by atoms with Crippen LogP contribution in [0.25, 0.3) is 10.9 Å². The van der Waals surface area contributed by atoms with Crippen molar-refractivity contribution in [2.75, 3.05) is 6.54 Å². The van der Waals surface area contributed by atoms with Crippen LogP contribution in [-0.2, 0) is 16.6 Å². The average Bonchev–Trinajstić information content (AvgIpc) is 2.77. The Balaban J connectivity index is 1.69. The van der Waals surface area contributed by atoms with Gasteiger partial charge in [0.25, 0.3) is 5.91 Å². The van der Waals surface area contributed by atoms with Crippen molar-refractivity contribution in [2.24, 2.45) is 0 Å². The Labute approximate surface area is 195 Å². The quantitative estimate of drug-likeness (QED) is 0.566. The van der Waals surface area contributed by atoms with E-state index in [2.05, 4.69) is 10.3 Å². The molecule has 174 valence electrons. The molecule has 10 heteroatoms. The summed E-state index contributed by atoms with van der Waals surface area (Å²) in [5.74, 6) is -1.07. The molecule has 3 aromatic rings. The second kappa shape index (κ2) is 9.24. The van der Waals surface area contributed by atoms with E-state index in [0.717, 1.165) is 31.4 Å². The van der Waals surface area contributed by atoms with Gasteiger partial charge in [-0.2, -0.15) is 4.31 Å². The van der Waals surface area contributed by atoms with Crippen LogP contribution in [0.4, 0.5) is 4.39 Å². The van der Waals surface area contributed by atoms with Crippen LogP contribution < -0.4 is 10.9 Å². The van der Waals surface area contributed by atoms with Gasteiger partial charge in [-0.1, -0.05) is 24.1 Å². The highest BCUT2D eigenvalue weighted by atomic mass is 35.5. The monoisotopic (exact) mass is 491 g/mol. The molecule has 0 radical (unpaired) electrons.